The summed E-state index contributed by atoms with van der Waals surface area (Å²) in [5, 5.41) is 4.89. The van der Waals surface area contributed by atoms with Gasteiger partial charge < -0.3 is 5.32 Å². The lowest BCUT2D eigenvalue weighted by Crippen LogP contribution is -2.12. The van der Waals surface area contributed by atoms with E-state index in [4.69, 9.17) is 0 Å². The lowest BCUT2D eigenvalue weighted by atomic mass is 10.2. The van der Waals surface area contributed by atoms with Gasteiger partial charge in [0.05, 0.1) is 15.1 Å². The molecule has 0 unspecified atom stereocenters. The van der Waals surface area contributed by atoms with E-state index in [0.717, 1.165) is 0 Å². The fourth-order valence-electron chi connectivity index (χ4n) is 1.92. The fourth-order valence-corrected chi connectivity index (χ4v) is 3.52. The SMILES string of the molecule is O=C(CCC(=O)c1cccs1)Nc1nc2ccc(F)cc2s1. The van der Waals surface area contributed by atoms with Crippen molar-refractivity contribution in [1.82, 2.24) is 4.98 Å². The van der Waals surface area contributed by atoms with Gasteiger partial charge in [-0.05, 0) is 29.6 Å². The monoisotopic (exact) mass is 334 g/mol. The first kappa shape index (κ1) is 14.8. The molecule has 3 aromatic rings. The first-order chi connectivity index (χ1) is 10.6. The molecular formula is C15H11FN2O2S2. The molecule has 0 bridgehead atoms. The Balaban J connectivity index is 1.59. The lowest BCUT2D eigenvalue weighted by molar-refractivity contribution is -0.116. The summed E-state index contributed by atoms with van der Waals surface area (Å²) in [5.74, 6) is -0.656. The van der Waals surface area contributed by atoms with E-state index in [1.807, 2.05) is 5.38 Å². The number of thiazole rings is 1. The van der Waals surface area contributed by atoms with Crippen LogP contribution in [0.15, 0.2) is 35.7 Å². The average Bonchev–Trinajstić information content (AvgIpc) is 3.13. The molecule has 2 aromatic heterocycles. The van der Waals surface area contributed by atoms with Crippen LogP contribution in [-0.4, -0.2) is 16.7 Å². The van der Waals surface area contributed by atoms with Gasteiger partial charge in [0.2, 0.25) is 5.91 Å². The summed E-state index contributed by atoms with van der Waals surface area (Å²) in [6.07, 6.45) is 0.257. The minimum atomic E-state index is -0.337. The predicted molar refractivity (Wildman–Crippen MR) is 86.1 cm³/mol. The Morgan fingerprint density at radius 1 is 1.23 bits per heavy atom. The second kappa shape index (κ2) is 6.33. The number of rotatable bonds is 5. The second-order valence-corrected chi connectivity index (χ2v) is 6.56. The van der Waals surface area contributed by atoms with E-state index >= 15 is 0 Å². The number of fused-ring (bicyclic) bond motifs is 1. The molecule has 0 aliphatic carbocycles. The molecule has 0 aliphatic heterocycles. The molecule has 0 saturated heterocycles. The number of amides is 1. The molecule has 0 aliphatic rings. The van der Waals surface area contributed by atoms with Crippen molar-refractivity contribution in [3.8, 4) is 0 Å². The van der Waals surface area contributed by atoms with Gasteiger partial charge in [-0.25, -0.2) is 9.37 Å². The quantitative estimate of drug-likeness (QED) is 0.715. The van der Waals surface area contributed by atoms with Gasteiger partial charge in [0.25, 0.3) is 0 Å². The van der Waals surface area contributed by atoms with Gasteiger partial charge in [-0.2, -0.15) is 0 Å². The summed E-state index contributed by atoms with van der Waals surface area (Å²) >= 11 is 2.57. The molecule has 0 spiro atoms. The van der Waals surface area contributed by atoms with Crippen LogP contribution in [0, 0.1) is 5.82 Å². The largest absolute Gasteiger partial charge is 0.302 e. The highest BCUT2D eigenvalue weighted by molar-refractivity contribution is 7.22. The van der Waals surface area contributed by atoms with E-state index in [-0.39, 0.29) is 30.3 Å². The van der Waals surface area contributed by atoms with Crippen LogP contribution >= 0.6 is 22.7 Å². The number of aromatic nitrogens is 1. The molecule has 112 valence electrons. The first-order valence-electron chi connectivity index (χ1n) is 6.54. The maximum absolute atomic E-state index is 13.1. The summed E-state index contributed by atoms with van der Waals surface area (Å²) in [7, 11) is 0. The zero-order chi connectivity index (χ0) is 15.5. The predicted octanol–water partition coefficient (Wildman–Crippen LogP) is 4.10. The van der Waals surface area contributed by atoms with Gasteiger partial charge in [0.15, 0.2) is 10.9 Å². The van der Waals surface area contributed by atoms with E-state index in [9.17, 15) is 14.0 Å². The van der Waals surface area contributed by atoms with Crippen molar-refractivity contribution < 1.29 is 14.0 Å². The highest BCUT2D eigenvalue weighted by Crippen LogP contribution is 2.26. The Morgan fingerprint density at radius 3 is 2.86 bits per heavy atom. The van der Waals surface area contributed by atoms with E-state index < -0.39 is 0 Å². The maximum Gasteiger partial charge on any atom is 0.226 e. The van der Waals surface area contributed by atoms with Crippen LogP contribution in [0.2, 0.25) is 0 Å². The summed E-state index contributed by atoms with van der Waals surface area (Å²) in [6, 6.07) is 7.82. The number of nitrogens with zero attached hydrogens (tertiary/aromatic N) is 1. The molecule has 7 heteroatoms. The molecule has 22 heavy (non-hydrogen) atoms. The summed E-state index contributed by atoms with van der Waals surface area (Å²) in [5.41, 5.74) is 0.636. The Kier molecular flexibility index (Phi) is 4.26. The molecule has 3 rings (SSSR count). The Hall–Kier alpha value is -2.12. The van der Waals surface area contributed by atoms with Crippen molar-refractivity contribution in [2.75, 3.05) is 5.32 Å². The zero-order valence-corrected chi connectivity index (χ0v) is 13.0. The van der Waals surface area contributed by atoms with E-state index in [0.29, 0.717) is 20.2 Å². The maximum atomic E-state index is 13.1. The van der Waals surface area contributed by atoms with Crippen molar-refractivity contribution in [1.29, 1.82) is 0 Å². The fraction of sp³-hybridized carbons (Fsp3) is 0.133. The van der Waals surface area contributed by atoms with Crippen molar-refractivity contribution in [3.63, 3.8) is 0 Å². The normalized spacial score (nSPS) is 10.8. The molecule has 0 atom stereocenters. The number of hydrogen-bond acceptors (Lipinski definition) is 5. The van der Waals surface area contributed by atoms with Crippen LogP contribution in [-0.2, 0) is 4.79 Å². The number of halogens is 1. The van der Waals surface area contributed by atoms with Crippen LogP contribution in [0.1, 0.15) is 22.5 Å². The lowest BCUT2D eigenvalue weighted by Gasteiger charge is -2.00. The summed E-state index contributed by atoms with van der Waals surface area (Å²) < 4.78 is 13.8. The molecule has 0 saturated carbocycles. The van der Waals surface area contributed by atoms with E-state index in [1.54, 1.807) is 18.2 Å². The molecule has 0 fully saturated rings. The van der Waals surface area contributed by atoms with Gasteiger partial charge in [0, 0.05) is 12.8 Å². The van der Waals surface area contributed by atoms with Crippen LogP contribution in [0.25, 0.3) is 10.2 Å². The smallest absolute Gasteiger partial charge is 0.226 e. The minimum Gasteiger partial charge on any atom is -0.302 e. The molecule has 0 radical (unpaired) electrons. The molecule has 1 amide bonds. The van der Waals surface area contributed by atoms with Crippen LogP contribution < -0.4 is 5.32 Å². The number of carbonyl (C=O) groups is 2. The third-order valence-electron chi connectivity index (χ3n) is 2.97. The zero-order valence-electron chi connectivity index (χ0n) is 11.3. The van der Waals surface area contributed by atoms with Gasteiger partial charge >= 0.3 is 0 Å². The molecule has 2 heterocycles. The molecule has 1 aromatic carbocycles. The molecular weight excluding hydrogens is 323 g/mol. The second-order valence-electron chi connectivity index (χ2n) is 4.58. The topological polar surface area (TPSA) is 59.1 Å². The summed E-state index contributed by atoms with van der Waals surface area (Å²) in [4.78, 5) is 28.5. The third-order valence-corrected chi connectivity index (χ3v) is 4.82. The number of carbonyl (C=O) groups excluding carboxylic acids is 2. The van der Waals surface area contributed by atoms with Crippen molar-refractivity contribution in [2.45, 2.75) is 12.8 Å². The first-order valence-corrected chi connectivity index (χ1v) is 8.24. The number of benzene rings is 1. The standard InChI is InChI=1S/C15H11FN2O2S2/c16-9-3-4-10-13(8-9)22-15(17-10)18-14(20)6-5-11(19)12-2-1-7-21-12/h1-4,7-8H,5-6H2,(H,17,18,20). The van der Waals surface area contributed by atoms with Crippen molar-refractivity contribution in [3.05, 3.63) is 46.4 Å². The van der Waals surface area contributed by atoms with Crippen molar-refractivity contribution in [2.24, 2.45) is 0 Å². The molecule has 4 nitrogen and oxygen atoms in total. The number of thiophene rings is 1. The Bertz CT molecular complexity index is 827. The van der Waals surface area contributed by atoms with Crippen LogP contribution in [0.5, 0.6) is 0 Å². The number of Topliss-reactive ketones (excluding diaryl/α,β-unsaturated/α-hetero) is 1. The van der Waals surface area contributed by atoms with E-state index in [2.05, 4.69) is 10.3 Å². The summed E-state index contributed by atoms with van der Waals surface area (Å²) in [6.45, 7) is 0. The highest BCUT2D eigenvalue weighted by atomic mass is 32.1. The van der Waals surface area contributed by atoms with Crippen LogP contribution in [0.4, 0.5) is 9.52 Å². The number of anilines is 1. The van der Waals surface area contributed by atoms with Gasteiger partial charge in [-0.15, -0.1) is 11.3 Å². The number of hydrogen-bond donors (Lipinski definition) is 1. The van der Waals surface area contributed by atoms with E-state index in [1.165, 1.54) is 34.8 Å². The van der Waals surface area contributed by atoms with Crippen molar-refractivity contribution >= 4 is 49.7 Å². The Morgan fingerprint density at radius 2 is 2.09 bits per heavy atom. The number of nitrogens with one attached hydrogen (secondary N) is 1. The van der Waals surface area contributed by atoms with Crippen LogP contribution in [0.3, 0.4) is 0 Å². The minimum absolute atomic E-state index is 0.0449. The van der Waals surface area contributed by atoms with Gasteiger partial charge in [0.1, 0.15) is 5.82 Å². The average molecular weight is 334 g/mol. The van der Waals surface area contributed by atoms with Gasteiger partial charge in [-0.3, -0.25) is 9.59 Å². The Labute approximate surface area is 133 Å². The van der Waals surface area contributed by atoms with Gasteiger partial charge in [-0.1, -0.05) is 17.4 Å². The highest BCUT2D eigenvalue weighted by Gasteiger charge is 2.12. The molecule has 1 N–H and O–H groups in total. The number of ketones is 1. The third kappa shape index (κ3) is 3.37.